The Hall–Kier alpha value is -2.58. The fraction of sp³-hybridized carbons (Fsp3) is 0.750. The predicted octanol–water partition coefficient (Wildman–Crippen LogP) is 20.2. The third-order valence-corrected chi connectivity index (χ3v) is 15.0. The first-order valence-electron chi connectivity index (χ1n) is 32.1. The summed E-state index contributed by atoms with van der Waals surface area (Å²) >= 11 is 0. The molecule has 0 aliphatic carbocycles. The van der Waals surface area contributed by atoms with Crippen LogP contribution in [0.5, 0.6) is 0 Å². The van der Waals surface area contributed by atoms with Crippen LogP contribution < -0.4 is 5.32 Å². The number of unbranched alkanes of at least 4 members (excludes halogenated alkanes) is 31. The first-order chi connectivity index (χ1) is 37.5. The van der Waals surface area contributed by atoms with Gasteiger partial charge < -0.3 is 19.8 Å². The summed E-state index contributed by atoms with van der Waals surface area (Å²) in [5.41, 5.74) is 0. The van der Waals surface area contributed by atoms with Crippen LogP contribution in [0.3, 0.4) is 0 Å². The molecule has 0 aromatic rings. The van der Waals surface area contributed by atoms with E-state index in [1.165, 1.54) is 180 Å². The highest BCUT2D eigenvalue weighted by atomic mass is 31.2. The van der Waals surface area contributed by atoms with E-state index in [1.54, 1.807) is 6.08 Å². The molecule has 0 bridgehead atoms. The Labute approximate surface area is 477 Å². The van der Waals surface area contributed by atoms with E-state index < -0.39 is 20.0 Å². The quantitative estimate of drug-likeness (QED) is 0.0243. The molecule has 0 aliphatic heterocycles. The second-order valence-electron chi connectivity index (χ2n) is 22.8. The maximum absolute atomic E-state index is 13.0. The topological polar surface area (TPSA) is 105 Å². The molecule has 77 heavy (non-hydrogen) atoms. The number of phosphoric ester groups is 1. The number of nitrogens with one attached hydrogen (secondary N) is 1. The summed E-state index contributed by atoms with van der Waals surface area (Å²) in [5, 5.41) is 13.9. The molecule has 446 valence electrons. The molecular formula is C68H124N2O6P+. The van der Waals surface area contributed by atoms with Gasteiger partial charge in [-0.1, -0.05) is 297 Å². The Bertz CT molecular complexity index is 1570. The van der Waals surface area contributed by atoms with Crippen LogP contribution in [0.25, 0.3) is 0 Å². The minimum atomic E-state index is -4.37. The zero-order chi connectivity index (χ0) is 56.3. The average Bonchev–Trinajstić information content (AvgIpc) is 3.39. The van der Waals surface area contributed by atoms with Crippen molar-refractivity contribution < 1.29 is 32.9 Å². The van der Waals surface area contributed by atoms with Gasteiger partial charge in [-0.2, -0.15) is 0 Å². The average molecular weight is 1100 g/mol. The summed E-state index contributed by atoms with van der Waals surface area (Å²) in [7, 11) is 1.53. The predicted molar refractivity (Wildman–Crippen MR) is 336 cm³/mol. The Morgan fingerprint density at radius 1 is 0.455 bits per heavy atom. The molecule has 0 saturated heterocycles. The SMILES string of the molecule is CC/C=C\C/C=C\C/C=C\C/C=C\C/C=C\C/C=C\C/C=C\CCCC(=O)NC(COP(=O)(O)OCC[N+](C)(C)C)C(O)/C=C/CCCCCCCCCCCCCCCCCCCCCCCCCCCCCCCC. The van der Waals surface area contributed by atoms with Crippen LogP contribution in [-0.4, -0.2) is 73.4 Å². The molecule has 0 saturated carbocycles. The third kappa shape index (κ3) is 60.9. The van der Waals surface area contributed by atoms with E-state index in [-0.39, 0.29) is 25.5 Å². The number of carbonyl (C=O) groups is 1. The van der Waals surface area contributed by atoms with Crippen LogP contribution in [0.2, 0.25) is 0 Å². The van der Waals surface area contributed by atoms with Crippen LogP contribution in [-0.2, 0) is 18.4 Å². The maximum Gasteiger partial charge on any atom is 0.472 e. The summed E-state index contributed by atoms with van der Waals surface area (Å²) in [4.78, 5) is 23.3. The number of hydrogen-bond acceptors (Lipinski definition) is 5. The molecule has 0 aliphatic rings. The second-order valence-corrected chi connectivity index (χ2v) is 24.2. The standard InChI is InChI=1S/C68H123N2O6P/c1-6-8-10-12-14-16-18-20-22-24-26-28-30-31-32-33-34-35-36-37-38-40-41-43-45-47-49-51-53-55-57-59-61-67(71)66(65-76-77(73,74)75-64-63-70(3,4)5)69-68(72)62-60-58-56-54-52-50-48-46-44-42-39-29-27-25-23-21-19-17-15-13-11-9-7-2/h9,11,15,17,21,23,27,29,42,44,48,50,54,56,59,61,66-67,71H,6-8,10,12-14,16,18-20,22,24-26,28,30-41,43,45-47,49,51-53,55,57-58,60,62-65H2,1-5H3,(H-,69,72,73,74)/p+1/b11-9-,17-15-,23-21-,29-27-,44-42-,50-48-,56-54-,61-59+. The Morgan fingerprint density at radius 2 is 0.779 bits per heavy atom. The monoisotopic (exact) mass is 1100 g/mol. The van der Waals surface area contributed by atoms with Crippen LogP contribution in [0, 0.1) is 0 Å². The molecule has 0 fully saturated rings. The fourth-order valence-corrected chi connectivity index (χ4v) is 9.83. The Kier molecular flexibility index (Phi) is 56.1. The maximum atomic E-state index is 13.0. The molecule has 9 heteroatoms. The van der Waals surface area contributed by atoms with Crippen molar-refractivity contribution >= 4 is 13.7 Å². The van der Waals surface area contributed by atoms with Crippen LogP contribution in [0.15, 0.2) is 97.2 Å². The lowest BCUT2D eigenvalue weighted by molar-refractivity contribution is -0.870. The van der Waals surface area contributed by atoms with E-state index in [1.807, 2.05) is 27.2 Å². The molecule has 0 heterocycles. The number of hydrogen-bond donors (Lipinski definition) is 3. The molecule has 3 unspecified atom stereocenters. The van der Waals surface area contributed by atoms with E-state index in [2.05, 4.69) is 104 Å². The van der Waals surface area contributed by atoms with Gasteiger partial charge in [0.05, 0.1) is 39.9 Å². The molecule has 3 N–H and O–H groups in total. The number of phosphoric acid groups is 1. The smallest absolute Gasteiger partial charge is 0.387 e. The summed E-state index contributed by atoms with van der Waals surface area (Å²) in [6.45, 7) is 4.67. The van der Waals surface area contributed by atoms with Crippen molar-refractivity contribution in [2.75, 3.05) is 40.9 Å². The van der Waals surface area contributed by atoms with Gasteiger partial charge in [0.2, 0.25) is 5.91 Å². The fourth-order valence-electron chi connectivity index (χ4n) is 9.09. The van der Waals surface area contributed by atoms with Gasteiger partial charge in [-0.15, -0.1) is 0 Å². The van der Waals surface area contributed by atoms with Gasteiger partial charge in [0.15, 0.2) is 0 Å². The number of carbonyl (C=O) groups excluding carboxylic acids is 1. The minimum Gasteiger partial charge on any atom is -0.387 e. The van der Waals surface area contributed by atoms with E-state index in [9.17, 15) is 19.4 Å². The van der Waals surface area contributed by atoms with Crippen molar-refractivity contribution in [3.63, 3.8) is 0 Å². The zero-order valence-electron chi connectivity index (χ0n) is 50.9. The van der Waals surface area contributed by atoms with Crippen molar-refractivity contribution in [1.82, 2.24) is 5.32 Å². The lowest BCUT2D eigenvalue weighted by atomic mass is 10.0. The van der Waals surface area contributed by atoms with Gasteiger partial charge in [-0.05, 0) is 70.6 Å². The van der Waals surface area contributed by atoms with E-state index in [0.29, 0.717) is 17.4 Å². The molecule has 1 amide bonds. The van der Waals surface area contributed by atoms with Crippen molar-refractivity contribution in [2.45, 2.75) is 289 Å². The second kappa shape index (κ2) is 58.1. The zero-order valence-corrected chi connectivity index (χ0v) is 51.8. The van der Waals surface area contributed by atoms with Crippen molar-refractivity contribution in [3.05, 3.63) is 97.2 Å². The highest BCUT2D eigenvalue weighted by molar-refractivity contribution is 7.47. The molecule has 0 radical (unpaired) electrons. The summed E-state index contributed by atoms with van der Waals surface area (Å²) in [5.74, 6) is -0.235. The normalized spacial score (nSPS) is 14.4. The first-order valence-corrected chi connectivity index (χ1v) is 33.6. The van der Waals surface area contributed by atoms with Crippen molar-refractivity contribution in [1.29, 1.82) is 0 Å². The summed E-state index contributed by atoms with van der Waals surface area (Å²) < 4.78 is 23.7. The lowest BCUT2D eigenvalue weighted by Crippen LogP contribution is -2.45. The number of aliphatic hydroxyl groups is 1. The van der Waals surface area contributed by atoms with Gasteiger partial charge in [0.1, 0.15) is 13.2 Å². The number of rotatable bonds is 58. The van der Waals surface area contributed by atoms with Gasteiger partial charge >= 0.3 is 7.82 Å². The Morgan fingerprint density at radius 3 is 1.13 bits per heavy atom. The summed E-state index contributed by atoms with van der Waals surface area (Å²) in [6, 6.07) is -0.886. The number of aliphatic hydroxyl groups excluding tert-OH is 1. The molecule has 0 aromatic heterocycles. The van der Waals surface area contributed by atoms with Crippen LogP contribution >= 0.6 is 7.82 Å². The number of likely N-dealkylation sites (N-methyl/N-ethyl adjacent to an activating group) is 1. The van der Waals surface area contributed by atoms with E-state index in [4.69, 9.17) is 9.05 Å². The number of allylic oxidation sites excluding steroid dienone is 15. The molecule has 0 rings (SSSR count). The first kappa shape index (κ1) is 74.4. The third-order valence-electron chi connectivity index (χ3n) is 14.1. The highest BCUT2D eigenvalue weighted by Crippen LogP contribution is 2.43. The minimum absolute atomic E-state index is 0.0457. The van der Waals surface area contributed by atoms with Crippen LogP contribution in [0.4, 0.5) is 0 Å². The van der Waals surface area contributed by atoms with Gasteiger partial charge in [0.25, 0.3) is 0 Å². The number of amides is 1. The summed E-state index contributed by atoms with van der Waals surface area (Å²) in [6.07, 6.45) is 84.1. The number of nitrogens with zero attached hydrogens (tertiary/aromatic N) is 1. The molecule has 0 spiro atoms. The van der Waals surface area contributed by atoms with Gasteiger partial charge in [0, 0.05) is 6.42 Å². The molecule has 3 atom stereocenters. The molecular weight excluding hydrogens is 972 g/mol. The van der Waals surface area contributed by atoms with E-state index >= 15 is 0 Å². The highest BCUT2D eigenvalue weighted by Gasteiger charge is 2.27. The van der Waals surface area contributed by atoms with Crippen LogP contribution in [0.1, 0.15) is 277 Å². The molecule has 0 aromatic carbocycles. The van der Waals surface area contributed by atoms with Crippen molar-refractivity contribution in [2.24, 2.45) is 0 Å². The Balaban J connectivity index is 4.20. The number of quaternary nitrogens is 1. The lowest BCUT2D eigenvalue weighted by Gasteiger charge is -2.25. The molecule has 8 nitrogen and oxygen atoms in total. The van der Waals surface area contributed by atoms with Gasteiger partial charge in [-0.3, -0.25) is 13.8 Å². The van der Waals surface area contributed by atoms with E-state index in [0.717, 1.165) is 70.6 Å². The van der Waals surface area contributed by atoms with Gasteiger partial charge in [-0.25, -0.2) is 4.57 Å². The largest absolute Gasteiger partial charge is 0.472 e. The van der Waals surface area contributed by atoms with Crippen molar-refractivity contribution in [3.8, 4) is 0 Å².